The van der Waals surface area contributed by atoms with Gasteiger partial charge in [-0.2, -0.15) is 0 Å². The smallest absolute Gasteiger partial charge is 0.326 e. The van der Waals surface area contributed by atoms with Crippen molar-refractivity contribution in [1.29, 1.82) is 0 Å². The van der Waals surface area contributed by atoms with Gasteiger partial charge in [-0.25, -0.2) is 9.78 Å². The lowest BCUT2D eigenvalue weighted by molar-refractivity contribution is -0.142. The third-order valence-corrected chi connectivity index (χ3v) is 2.81. The lowest BCUT2D eigenvalue weighted by atomic mass is 9.87. The van der Waals surface area contributed by atoms with Crippen molar-refractivity contribution >= 4 is 11.9 Å². The molecule has 7 heteroatoms. The van der Waals surface area contributed by atoms with Crippen molar-refractivity contribution in [3.05, 3.63) is 18.2 Å². The molecule has 1 amide bonds. The Hall–Kier alpha value is -1.89. The van der Waals surface area contributed by atoms with Crippen molar-refractivity contribution in [2.24, 2.45) is 11.1 Å². The molecule has 1 aromatic heterocycles. The van der Waals surface area contributed by atoms with Crippen LogP contribution in [-0.4, -0.2) is 39.0 Å². The summed E-state index contributed by atoms with van der Waals surface area (Å²) < 4.78 is 0. The summed E-state index contributed by atoms with van der Waals surface area (Å²) in [6.45, 7) is 5.46. The predicted molar refractivity (Wildman–Crippen MR) is 69.3 cm³/mol. The molecular formula is C12H20N4O3. The number of carboxylic acid groups (broad SMARTS) is 1. The number of aromatic nitrogens is 2. The van der Waals surface area contributed by atoms with Crippen molar-refractivity contribution in [1.82, 2.24) is 15.3 Å². The first kappa shape index (κ1) is 15.2. The zero-order valence-corrected chi connectivity index (χ0v) is 11.3. The molecule has 0 aliphatic heterocycles. The molecule has 106 valence electrons. The lowest BCUT2D eigenvalue weighted by Gasteiger charge is -2.27. The van der Waals surface area contributed by atoms with Crippen LogP contribution in [-0.2, 0) is 16.0 Å². The highest BCUT2D eigenvalue weighted by Crippen LogP contribution is 2.17. The number of carbonyl (C=O) groups excluding carboxylic acids is 1. The van der Waals surface area contributed by atoms with E-state index in [0.29, 0.717) is 5.69 Å². The Kier molecular flexibility index (Phi) is 4.66. The normalized spacial score (nSPS) is 14.7. The van der Waals surface area contributed by atoms with E-state index in [1.54, 1.807) is 0 Å². The summed E-state index contributed by atoms with van der Waals surface area (Å²) in [5, 5.41) is 11.6. The number of nitrogens with one attached hydrogen (secondary N) is 2. The highest BCUT2D eigenvalue weighted by atomic mass is 16.4. The second-order valence-corrected chi connectivity index (χ2v) is 5.52. The Morgan fingerprint density at radius 2 is 2.16 bits per heavy atom. The van der Waals surface area contributed by atoms with E-state index >= 15 is 0 Å². The van der Waals surface area contributed by atoms with E-state index in [0.717, 1.165) is 0 Å². The van der Waals surface area contributed by atoms with Gasteiger partial charge < -0.3 is 21.1 Å². The summed E-state index contributed by atoms with van der Waals surface area (Å²) in [5.74, 6) is -1.58. The molecule has 0 radical (unpaired) electrons. The fraction of sp³-hybridized carbons (Fsp3) is 0.583. The van der Waals surface area contributed by atoms with Crippen LogP contribution < -0.4 is 11.1 Å². The van der Waals surface area contributed by atoms with Gasteiger partial charge in [-0.05, 0) is 5.41 Å². The fourth-order valence-corrected chi connectivity index (χ4v) is 1.47. The summed E-state index contributed by atoms with van der Waals surface area (Å²) in [5.41, 5.74) is 6.00. The van der Waals surface area contributed by atoms with Gasteiger partial charge in [0.2, 0.25) is 5.91 Å². The molecular weight excluding hydrogens is 248 g/mol. The van der Waals surface area contributed by atoms with E-state index in [1.165, 1.54) is 12.5 Å². The van der Waals surface area contributed by atoms with Crippen LogP contribution >= 0.6 is 0 Å². The van der Waals surface area contributed by atoms with Gasteiger partial charge in [0.25, 0.3) is 0 Å². The quantitative estimate of drug-likeness (QED) is 0.594. The molecule has 1 heterocycles. The molecule has 0 aliphatic rings. The summed E-state index contributed by atoms with van der Waals surface area (Å²) in [7, 11) is 0. The molecule has 19 heavy (non-hydrogen) atoms. The van der Waals surface area contributed by atoms with Crippen LogP contribution in [0.1, 0.15) is 26.5 Å². The third kappa shape index (κ3) is 4.36. The summed E-state index contributed by atoms with van der Waals surface area (Å²) in [6, 6.07) is -1.79. The SMILES string of the molecule is CC(C)(C)[C@@H](N)C(=O)N[C@@H](Cc1cnc[nH]1)C(=O)O. The maximum absolute atomic E-state index is 11.9. The van der Waals surface area contributed by atoms with Gasteiger partial charge in [0.15, 0.2) is 0 Å². The number of hydrogen-bond donors (Lipinski definition) is 4. The number of carboxylic acids is 1. The number of imidazole rings is 1. The van der Waals surface area contributed by atoms with Gasteiger partial charge in [-0.3, -0.25) is 4.79 Å². The summed E-state index contributed by atoms with van der Waals surface area (Å²) >= 11 is 0. The molecule has 0 spiro atoms. The maximum atomic E-state index is 11.9. The first-order valence-corrected chi connectivity index (χ1v) is 5.98. The number of rotatable bonds is 5. The van der Waals surface area contributed by atoms with Gasteiger partial charge in [0.05, 0.1) is 12.4 Å². The molecule has 1 aromatic rings. The first-order valence-electron chi connectivity index (χ1n) is 5.98. The Balaban J connectivity index is 2.69. The summed E-state index contributed by atoms with van der Waals surface area (Å²) in [6.07, 6.45) is 3.11. The van der Waals surface area contributed by atoms with E-state index in [4.69, 9.17) is 10.8 Å². The lowest BCUT2D eigenvalue weighted by Crippen LogP contribution is -2.53. The van der Waals surface area contributed by atoms with Crippen LogP contribution in [0.2, 0.25) is 0 Å². The van der Waals surface area contributed by atoms with Crippen molar-refractivity contribution in [3.8, 4) is 0 Å². The number of hydrogen-bond acceptors (Lipinski definition) is 4. The zero-order chi connectivity index (χ0) is 14.6. The molecule has 2 atom stereocenters. The summed E-state index contributed by atoms with van der Waals surface area (Å²) in [4.78, 5) is 29.7. The van der Waals surface area contributed by atoms with Crippen LogP contribution in [0.25, 0.3) is 0 Å². The number of H-pyrrole nitrogens is 1. The number of nitrogens with two attached hydrogens (primary N) is 1. The van der Waals surface area contributed by atoms with Crippen molar-refractivity contribution in [3.63, 3.8) is 0 Å². The van der Waals surface area contributed by atoms with Crippen molar-refractivity contribution < 1.29 is 14.7 Å². The van der Waals surface area contributed by atoms with Gasteiger partial charge in [-0.15, -0.1) is 0 Å². The minimum Gasteiger partial charge on any atom is -0.480 e. The number of amides is 1. The third-order valence-electron chi connectivity index (χ3n) is 2.81. The monoisotopic (exact) mass is 268 g/mol. The zero-order valence-electron chi connectivity index (χ0n) is 11.3. The van der Waals surface area contributed by atoms with Gasteiger partial charge >= 0.3 is 5.97 Å². The van der Waals surface area contributed by atoms with Crippen LogP contribution in [0, 0.1) is 5.41 Å². The minimum atomic E-state index is -1.11. The van der Waals surface area contributed by atoms with E-state index in [1.807, 2.05) is 20.8 Å². The van der Waals surface area contributed by atoms with Crippen molar-refractivity contribution in [2.45, 2.75) is 39.3 Å². The number of aromatic amines is 1. The average Bonchev–Trinajstić information content (AvgIpc) is 2.78. The molecule has 0 unspecified atom stereocenters. The molecule has 1 rings (SSSR count). The number of aliphatic carboxylic acids is 1. The maximum Gasteiger partial charge on any atom is 0.326 e. The largest absolute Gasteiger partial charge is 0.480 e. The molecule has 0 aromatic carbocycles. The molecule has 0 bridgehead atoms. The van der Waals surface area contributed by atoms with E-state index in [-0.39, 0.29) is 6.42 Å². The standard InChI is InChI=1S/C12H20N4O3/c1-12(2,3)9(13)10(17)16-8(11(18)19)4-7-5-14-6-15-7/h5-6,8-9H,4,13H2,1-3H3,(H,14,15)(H,16,17)(H,18,19)/t8-,9-/m0/s1. The molecule has 0 aliphatic carbocycles. The van der Waals surface area contributed by atoms with E-state index in [2.05, 4.69) is 15.3 Å². The predicted octanol–water partition coefficient (Wildman–Crippen LogP) is -0.105. The van der Waals surface area contributed by atoms with Crippen LogP contribution in [0.3, 0.4) is 0 Å². The fourth-order valence-electron chi connectivity index (χ4n) is 1.47. The molecule has 7 nitrogen and oxygen atoms in total. The Morgan fingerprint density at radius 3 is 2.58 bits per heavy atom. The molecule has 0 saturated carbocycles. The molecule has 5 N–H and O–H groups in total. The Labute approximate surface area is 111 Å². The van der Waals surface area contributed by atoms with Crippen molar-refractivity contribution in [2.75, 3.05) is 0 Å². The van der Waals surface area contributed by atoms with Gasteiger partial charge in [0.1, 0.15) is 6.04 Å². The van der Waals surface area contributed by atoms with E-state index < -0.39 is 29.4 Å². The van der Waals surface area contributed by atoms with Gasteiger partial charge in [0, 0.05) is 18.3 Å². The molecule has 0 saturated heterocycles. The number of nitrogens with zero attached hydrogens (tertiary/aromatic N) is 1. The highest BCUT2D eigenvalue weighted by molar-refractivity contribution is 5.87. The Bertz CT molecular complexity index is 436. The highest BCUT2D eigenvalue weighted by Gasteiger charge is 2.30. The Morgan fingerprint density at radius 1 is 1.53 bits per heavy atom. The first-order chi connectivity index (χ1) is 8.71. The minimum absolute atomic E-state index is 0.137. The second kappa shape index (κ2) is 5.83. The van der Waals surface area contributed by atoms with Crippen LogP contribution in [0.4, 0.5) is 0 Å². The van der Waals surface area contributed by atoms with E-state index in [9.17, 15) is 9.59 Å². The van der Waals surface area contributed by atoms with Gasteiger partial charge in [-0.1, -0.05) is 20.8 Å². The number of carbonyl (C=O) groups is 2. The topological polar surface area (TPSA) is 121 Å². The second-order valence-electron chi connectivity index (χ2n) is 5.52. The molecule has 0 fully saturated rings. The van der Waals surface area contributed by atoms with Crippen LogP contribution in [0.5, 0.6) is 0 Å². The van der Waals surface area contributed by atoms with Crippen LogP contribution in [0.15, 0.2) is 12.5 Å². The average molecular weight is 268 g/mol.